The minimum Gasteiger partial charge on any atom is -0.468 e. The molecule has 0 atom stereocenters. The molecule has 1 fully saturated rings. The molecule has 0 spiro atoms. The van der Waals surface area contributed by atoms with Gasteiger partial charge >= 0.3 is 0 Å². The van der Waals surface area contributed by atoms with E-state index in [0.29, 0.717) is 24.8 Å². The molecule has 2 aromatic rings. The van der Waals surface area contributed by atoms with E-state index in [9.17, 15) is 4.79 Å². The van der Waals surface area contributed by atoms with Crippen LogP contribution < -0.4 is 9.64 Å². The smallest absolute Gasteiger partial charge is 0.289 e. The summed E-state index contributed by atoms with van der Waals surface area (Å²) in [7, 11) is 1.51. The molecular weight excluding hydrogens is 320 g/mol. The number of aromatic nitrogens is 2. The van der Waals surface area contributed by atoms with Gasteiger partial charge in [-0.2, -0.15) is 0 Å². The molecule has 1 saturated heterocycles. The highest BCUT2D eigenvalue weighted by atomic mass is 16.6. The molecule has 3 heterocycles. The normalized spacial score (nSPS) is 14.9. The number of furan rings is 1. The molecular formula is C18H24N4O3. The Morgan fingerprint density at radius 2 is 1.92 bits per heavy atom. The maximum Gasteiger partial charge on any atom is 0.289 e. The quantitative estimate of drug-likeness (QED) is 0.848. The molecule has 25 heavy (non-hydrogen) atoms. The summed E-state index contributed by atoms with van der Waals surface area (Å²) < 4.78 is 10.4. The van der Waals surface area contributed by atoms with Crippen LogP contribution in [0.5, 0.6) is 5.95 Å². The lowest BCUT2D eigenvalue weighted by Crippen LogP contribution is -2.49. The Morgan fingerprint density at radius 1 is 1.20 bits per heavy atom. The van der Waals surface area contributed by atoms with Crippen LogP contribution in [0.1, 0.15) is 41.8 Å². The molecule has 0 aromatic carbocycles. The van der Waals surface area contributed by atoms with Gasteiger partial charge in [0.1, 0.15) is 11.6 Å². The van der Waals surface area contributed by atoms with Gasteiger partial charge in [0.15, 0.2) is 5.76 Å². The largest absolute Gasteiger partial charge is 0.468 e. The van der Waals surface area contributed by atoms with Crippen LogP contribution >= 0.6 is 0 Å². The average molecular weight is 344 g/mol. The summed E-state index contributed by atoms with van der Waals surface area (Å²) in [5.74, 6) is 2.63. The Kier molecular flexibility index (Phi) is 4.92. The number of hydrogen-bond donors (Lipinski definition) is 0. The first-order valence-electron chi connectivity index (χ1n) is 8.51. The molecule has 2 aromatic heterocycles. The molecule has 0 bridgehead atoms. The Hall–Kier alpha value is -2.57. The zero-order chi connectivity index (χ0) is 18.0. The number of amides is 1. The number of carbonyl (C=O) groups excluding carboxylic acids is 1. The second-order valence-corrected chi connectivity index (χ2v) is 6.48. The lowest BCUT2D eigenvalue weighted by Gasteiger charge is -2.35. The monoisotopic (exact) mass is 344 g/mol. The number of anilines is 1. The van der Waals surface area contributed by atoms with Gasteiger partial charge in [-0.05, 0) is 13.0 Å². The fourth-order valence-corrected chi connectivity index (χ4v) is 2.83. The summed E-state index contributed by atoms with van der Waals surface area (Å²) in [4.78, 5) is 25.7. The molecule has 0 unspecified atom stereocenters. The van der Waals surface area contributed by atoms with E-state index >= 15 is 0 Å². The van der Waals surface area contributed by atoms with Crippen LogP contribution in [0.2, 0.25) is 0 Å². The Bertz CT molecular complexity index is 749. The van der Waals surface area contributed by atoms with E-state index in [1.54, 1.807) is 17.0 Å². The molecule has 0 saturated carbocycles. The summed E-state index contributed by atoms with van der Waals surface area (Å²) in [5.41, 5.74) is 0.967. The summed E-state index contributed by atoms with van der Waals surface area (Å²) in [6, 6.07) is 5.30. The van der Waals surface area contributed by atoms with Crippen molar-refractivity contribution in [1.29, 1.82) is 0 Å². The number of carbonyl (C=O) groups is 1. The molecule has 0 aliphatic carbocycles. The van der Waals surface area contributed by atoms with Crippen molar-refractivity contribution < 1.29 is 13.9 Å². The van der Waals surface area contributed by atoms with Crippen LogP contribution in [-0.4, -0.2) is 54.1 Å². The summed E-state index contributed by atoms with van der Waals surface area (Å²) in [6.45, 7) is 8.89. The number of nitrogens with zero attached hydrogens (tertiary/aromatic N) is 4. The zero-order valence-corrected chi connectivity index (χ0v) is 15.2. The van der Waals surface area contributed by atoms with Crippen LogP contribution in [0.3, 0.4) is 0 Å². The highest BCUT2D eigenvalue weighted by Gasteiger charge is 2.25. The number of rotatable bonds is 4. The SMILES string of the molecule is COc1ccc(C(=O)N2CCN(c3cc(C)nc(C(C)C)n3)CC2)o1. The molecule has 1 aliphatic heterocycles. The van der Waals surface area contributed by atoms with E-state index < -0.39 is 0 Å². The Labute approximate surface area is 147 Å². The van der Waals surface area contributed by atoms with Gasteiger partial charge in [0, 0.05) is 49.9 Å². The van der Waals surface area contributed by atoms with Gasteiger partial charge in [-0.25, -0.2) is 9.97 Å². The number of piperazine rings is 1. The highest BCUT2D eigenvalue weighted by Crippen LogP contribution is 2.21. The fourth-order valence-electron chi connectivity index (χ4n) is 2.83. The predicted molar refractivity (Wildman–Crippen MR) is 94.2 cm³/mol. The first kappa shape index (κ1) is 17.3. The van der Waals surface area contributed by atoms with Crippen molar-refractivity contribution in [2.24, 2.45) is 0 Å². The highest BCUT2D eigenvalue weighted by molar-refractivity contribution is 5.91. The maximum atomic E-state index is 12.5. The minimum atomic E-state index is -0.107. The third-order valence-corrected chi connectivity index (χ3v) is 4.26. The van der Waals surface area contributed by atoms with Crippen molar-refractivity contribution in [2.45, 2.75) is 26.7 Å². The van der Waals surface area contributed by atoms with Gasteiger partial charge in [0.25, 0.3) is 11.9 Å². The van der Waals surface area contributed by atoms with Crippen molar-refractivity contribution in [1.82, 2.24) is 14.9 Å². The minimum absolute atomic E-state index is 0.107. The standard InChI is InChI=1S/C18H24N4O3/c1-12(2)17-19-13(3)11-15(20-17)21-7-9-22(10-8-21)18(23)14-5-6-16(24-4)25-14/h5-6,11-12H,7-10H2,1-4H3. The van der Waals surface area contributed by atoms with Gasteiger partial charge in [0.05, 0.1) is 7.11 Å². The van der Waals surface area contributed by atoms with Crippen LogP contribution in [-0.2, 0) is 0 Å². The topological polar surface area (TPSA) is 71.7 Å². The van der Waals surface area contributed by atoms with Gasteiger partial charge in [-0.15, -0.1) is 0 Å². The van der Waals surface area contributed by atoms with Crippen LogP contribution in [0.4, 0.5) is 5.82 Å². The first-order chi connectivity index (χ1) is 12.0. The molecule has 7 nitrogen and oxygen atoms in total. The van der Waals surface area contributed by atoms with Crippen LogP contribution in [0.15, 0.2) is 22.6 Å². The van der Waals surface area contributed by atoms with E-state index in [1.807, 2.05) is 13.0 Å². The number of ether oxygens (including phenoxy) is 1. The average Bonchev–Trinajstić information content (AvgIpc) is 3.10. The fraction of sp³-hybridized carbons (Fsp3) is 0.500. The van der Waals surface area contributed by atoms with Gasteiger partial charge in [-0.1, -0.05) is 13.8 Å². The van der Waals surface area contributed by atoms with E-state index in [4.69, 9.17) is 9.15 Å². The lowest BCUT2D eigenvalue weighted by atomic mass is 10.2. The zero-order valence-electron chi connectivity index (χ0n) is 15.2. The third-order valence-electron chi connectivity index (χ3n) is 4.26. The Balaban J connectivity index is 1.66. The van der Waals surface area contributed by atoms with Crippen molar-refractivity contribution in [2.75, 3.05) is 38.2 Å². The Morgan fingerprint density at radius 3 is 2.52 bits per heavy atom. The first-order valence-corrected chi connectivity index (χ1v) is 8.51. The lowest BCUT2D eigenvalue weighted by molar-refractivity contribution is 0.0708. The second kappa shape index (κ2) is 7.13. The van der Waals surface area contributed by atoms with E-state index in [2.05, 4.69) is 28.7 Å². The maximum absolute atomic E-state index is 12.5. The molecule has 1 aliphatic rings. The van der Waals surface area contributed by atoms with Crippen molar-refractivity contribution in [3.8, 4) is 5.95 Å². The molecule has 1 amide bonds. The van der Waals surface area contributed by atoms with Crippen molar-refractivity contribution >= 4 is 11.7 Å². The van der Waals surface area contributed by atoms with E-state index in [-0.39, 0.29) is 11.8 Å². The van der Waals surface area contributed by atoms with Crippen LogP contribution in [0.25, 0.3) is 0 Å². The van der Waals surface area contributed by atoms with Crippen molar-refractivity contribution in [3.05, 3.63) is 35.5 Å². The van der Waals surface area contributed by atoms with E-state index in [0.717, 1.165) is 30.4 Å². The summed E-state index contributed by atoms with van der Waals surface area (Å²) in [5, 5.41) is 0. The number of aryl methyl sites for hydroxylation is 1. The summed E-state index contributed by atoms with van der Waals surface area (Å²) in [6.07, 6.45) is 0. The number of hydrogen-bond acceptors (Lipinski definition) is 6. The number of methoxy groups -OCH3 is 1. The predicted octanol–water partition coefficient (Wildman–Crippen LogP) is 2.47. The van der Waals surface area contributed by atoms with E-state index in [1.165, 1.54) is 7.11 Å². The molecule has 3 rings (SSSR count). The molecule has 0 N–H and O–H groups in total. The van der Waals surface area contributed by atoms with Crippen molar-refractivity contribution in [3.63, 3.8) is 0 Å². The second-order valence-electron chi connectivity index (χ2n) is 6.48. The van der Waals surface area contributed by atoms with Gasteiger partial charge in [-0.3, -0.25) is 4.79 Å². The molecule has 7 heteroatoms. The third kappa shape index (κ3) is 3.75. The molecule has 134 valence electrons. The molecule has 0 radical (unpaired) electrons. The van der Waals surface area contributed by atoms with Crippen LogP contribution in [0, 0.1) is 6.92 Å². The van der Waals surface area contributed by atoms with Gasteiger partial charge in [0.2, 0.25) is 0 Å². The van der Waals surface area contributed by atoms with Gasteiger partial charge < -0.3 is 19.0 Å². The summed E-state index contributed by atoms with van der Waals surface area (Å²) >= 11 is 0.